The summed E-state index contributed by atoms with van der Waals surface area (Å²) in [4.78, 5) is 0. The lowest BCUT2D eigenvalue weighted by atomic mass is 10.1. The monoisotopic (exact) mass is 277 g/mol. The van der Waals surface area contributed by atoms with E-state index in [1.165, 1.54) is 12.1 Å². The second-order valence-electron chi connectivity index (χ2n) is 4.50. The highest BCUT2D eigenvalue weighted by atomic mass is 32.2. The van der Waals surface area contributed by atoms with Crippen LogP contribution in [0.4, 0.5) is 10.1 Å². The van der Waals surface area contributed by atoms with Gasteiger partial charge in [-0.25, -0.2) is 4.39 Å². The van der Waals surface area contributed by atoms with Crippen molar-refractivity contribution in [2.75, 3.05) is 5.73 Å². The minimum atomic E-state index is -1.05. The van der Waals surface area contributed by atoms with Gasteiger partial charge >= 0.3 is 0 Å². The quantitative estimate of drug-likeness (QED) is 0.872. The van der Waals surface area contributed by atoms with E-state index in [1.54, 1.807) is 6.07 Å². The van der Waals surface area contributed by atoms with Crippen molar-refractivity contribution in [1.29, 1.82) is 0 Å². The maximum absolute atomic E-state index is 12.9. The van der Waals surface area contributed by atoms with Crippen LogP contribution in [0.2, 0.25) is 0 Å². The van der Waals surface area contributed by atoms with Crippen molar-refractivity contribution in [3.8, 4) is 0 Å². The molecule has 0 spiro atoms. The summed E-state index contributed by atoms with van der Waals surface area (Å²) < 4.78 is 25.1. The predicted molar refractivity (Wildman–Crippen MR) is 77.5 cm³/mol. The fourth-order valence-corrected chi connectivity index (χ4v) is 3.25. The van der Waals surface area contributed by atoms with Gasteiger partial charge in [-0.2, -0.15) is 0 Å². The Labute approximate surface area is 114 Å². The fourth-order valence-electron chi connectivity index (χ4n) is 1.87. The summed E-state index contributed by atoms with van der Waals surface area (Å²) in [6.07, 6.45) is 0. The van der Waals surface area contributed by atoms with E-state index in [1.807, 2.05) is 31.2 Å². The number of nitrogens with two attached hydrogens (primary N) is 1. The largest absolute Gasteiger partial charge is 0.398 e. The Morgan fingerprint density at radius 2 is 1.79 bits per heavy atom. The molecule has 0 saturated carbocycles. The maximum Gasteiger partial charge on any atom is 0.125 e. The van der Waals surface area contributed by atoms with Crippen LogP contribution >= 0.6 is 0 Å². The normalized spacial score (nSPS) is 12.3. The molecular formula is C15H16FNOS. The highest BCUT2D eigenvalue weighted by Gasteiger charge is 2.08. The molecule has 0 amide bonds. The molecule has 0 aromatic heterocycles. The van der Waals surface area contributed by atoms with Crippen LogP contribution in [-0.4, -0.2) is 4.21 Å². The molecule has 1 atom stereocenters. The summed E-state index contributed by atoms with van der Waals surface area (Å²) in [5, 5.41) is 0. The molecule has 0 saturated heterocycles. The molecule has 0 aliphatic carbocycles. The minimum absolute atomic E-state index is 0.348. The first-order valence-electron chi connectivity index (χ1n) is 5.99. The highest BCUT2D eigenvalue weighted by molar-refractivity contribution is 7.83. The van der Waals surface area contributed by atoms with E-state index in [0.717, 1.165) is 16.7 Å². The van der Waals surface area contributed by atoms with Gasteiger partial charge in [-0.3, -0.25) is 4.21 Å². The lowest BCUT2D eigenvalue weighted by Gasteiger charge is -2.08. The summed E-state index contributed by atoms with van der Waals surface area (Å²) in [6.45, 7) is 2.00. The lowest BCUT2D eigenvalue weighted by Crippen LogP contribution is -2.03. The van der Waals surface area contributed by atoms with Crippen LogP contribution < -0.4 is 5.73 Å². The van der Waals surface area contributed by atoms with Gasteiger partial charge in [0.05, 0.1) is 5.75 Å². The van der Waals surface area contributed by atoms with Crippen molar-refractivity contribution >= 4 is 16.5 Å². The van der Waals surface area contributed by atoms with Gasteiger partial charge in [-0.05, 0) is 35.7 Å². The standard InChI is InChI=1S/C15H16FNOS/c1-11-4-2-3-5-12(11)9-19(18)10-13-6-7-14(16)8-15(13)17/h2-8H,9-10,17H2,1H3. The van der Waals surface area contributed by atoms with Gasteiger partial charge in [0.15, 0.2) is 0 Å². The Morgan fingerprint density at radius 1 is 1.11 bits per heavy atom. The van der Waals surface area contributed by atoms with Crippen LogP contribution in [-0.2, 0) is 22.3 Å². The van der Waals surface area contributed by atoms with Crippen molar-refractivity contribution in [1.82, 2.24) is 0 Å². The third kappa shape index (κ3) is 3.64. The van der Waals surface area contributed by atoms with Crippen molar-refractivity contribution in [2.24, 2.45) is 0 Å². The van der Waals surface area contributed by atoms with Crippen molar-refractivity contribution < 1.29 is 8.60 Å². The molecule has 100 valence electrons. The topological polar surface area (TPSA) is 43.1 Å². The molecule has 19 heavy (non-hydrogen) atoms. The number of hydrogen-bond donors (Lipinski definition) is 1. The van der Waals surface area contributed by atoms with E-state index in [4.69, 9.17) is 5.73 Å². The molecular weight excluding hydrogens is 261 g/mol. The Morgan fingerprint density at radius 3 is 2.47 bits per heavy atom. The molecule has 2 rings (SSSR count). The SMILES string of the molecule is Cc1ccccc1CS(=O)Cc1ccc(F)cc1N. The second-order valence-corrected chi connectivity index (χ2v) is 5.96. The van der Waals surface area contributed by atoms with Gasteiger partial charge in [-0.15, -0.1) is 0 Å². The van der Waals surface area contributed by atoms with Gasteiger partial charge < -0.3 is 5.73 Å². The van der Waals surface area contributed by atoms with Gasteiger partial charge in [0, 0.05) is 22.2 Å². The Bertz CT molecular complexity index is 613. The van der Waals surface area contributed by atoms with E-state index >= 15 is 0 Å². The number of hydrogen-bond acceptors (Lipinski definition) is 2. The number of halogens is 1. The third-order valence-corrected chi connectivity index (χ3v) is 4.27. The smallest absolute Gasteiger partial charge is 0.125 e. The summed E-state index contributed by atoms with van der Waals surface area (Å²) in [7, 11) is -1.05. The minimum Gasteiger partial charge on any atom is -0.398 e. The molecule has 0 aliphatic heterocycles. The van der Waals surface area contributed by atoms with E-state index < -0.39 is 10.8 Å². The van der Waals surface area contributed by atoms with Crippen LogP contribution in [0.3, 0.4) is 0 Å². The second kappa shape index (κ2) is 5.97. The zero-order valence-corrected chi connectivity index (χ0v) is 11.5. The zero-order chi connectivity index (χ0) is 13.8. The van der Waals surface area contributed by atoms with Crippen LogP contribution in [0, 0.1) is 12.7 Å². The van der Waals surface area contributed by atoms with Gasteiger partial charge in [0.1, 0.15) is 5.82 Å². The number of nitrogen functional groups attached to an aromatic ring is 1. The summed E-state index contributed by atoms with van der Waals surface area (Å²) in [6, 6.07) is 12.1. The van der Waals surface area contributed by atoms with Gasteiger partial charge in [0.25, 0.3) is 0 Å². The average Bonchev–Trinajstić information content (AvgIpc) is 2.36. The zero-order valence-electron chi connectivity index (χ0n) is 10.7. The number of anilines is 1. The fraction of sp³-hybridized carbons (Fsp3) is 0.200. The van der Waals surface area contributed by atoms with Crippen molar-refractivity contribution in [2.45, 2.75) is 18.4 Å². The maximum atomic E-state index is 12.9. The number of aryl methyl sites for hydroxylation is 1. The molecule has 0 bridgehead atoms. The predicted octanol–water partition coefficient (Wildman–Crippen LogP) is 3.17. The highest BCUT2D eigenvalue weighted by Crippen LogP contribution is 2.18. The van der Waals surface area contributed by atoms with Crippen molar-refractivity contribution in [3.63, 3.8) is 0 Å². The van der Waals surface area contributed by atoms with E-state index in [0.29, 0.717) is 17.2 Å². The van der Waals surface area contributed by atoms with Crippen LogP contribution in [0.5, 0.6) is 0 Å². The summed E-state index contributed by atoms with van der Waals surface area (Å²) >= 11 is 0. The number of benzene rings is 2. The Balaban J connectivity index is 2.08. The van der Waals surface area contributed by atoms with Crippen molar-refractivity contribution in [3.05, 3.63) is 65.0 Å². The van der Waals surface area contributed by atoms with Crippen LogP contribution in [0.15, 0.2) is 42.5 Å². The molecule has 4 heteroatoms. The molecule has 0 fully saturated rings. The number of rotatable bonds is 4. The first-order valence-corrected chi connectivity index (χ1v) is 7.48. The third-order valence-electron chi connectivity index (χ3n) is 3.00. The van der Waals surface area contributed by atoms with Gasteiger partial charge in [-0.1, -0.05) is 30.3 Å². The molecule has 2 nitrogen and oxygen atoms in total. The van der Waals surface area contributed by atoms with Gasteiger partial charge in [0.2, 0.25) is 0 Å². The average molecular weight is 277 g/mol. The van der Waals surface area contributed by atoms with E-state index in [9.17, 15) is 8.60 Å². The summed E-state index contributed by atoms with van der Waals surface area (Å²) in [5.41, 5.74) is 9.01. The molecule has 1 unspecified atom stereocenters. The first-order chi connectivity index (χ1) is 9.06. The molecule has 0 aliphatic rings. The molecule has 0 radical (unpaired) electrons. The van der Waals surface area contributed by atoms with Crippen LogP contribution in [0.25, 0.3) is 0 Å². The molecule has 0 heterocycles. The molecule has 2 N–H and O–H groups in total. The van der Waals surface area contributed by atoms with Crippen LogP contribution in [0.1, 0.15) is 16.7 Å². The van der Waals surface area contributed by atoms with E-state index in [-0.39, 0.29) is 5.82 Å². The Hall–Kier alpha value is -1.68. The lowest BCUT2D eigenvalue weighted by molar-refractivity contribution is 0.628. The van der Waals surface area contributed by atoms with E-state index in [2.05, 4.69) is 0 Å². The first kappa shape index (κ1) is 13.7. The molecule has 2 aromatic carbocycles. The Kier molecular flexibility index (Phi) is 4.32. The molecule has 2 aromatic rings. The summed E-state index contributed by atoms with van der Waals surface area (Å²) in [5.74, 6) is 0.468.